The van der Waals surface area contributed by atoms with Crippen molar-refractivity contribution < 1.29 is 4.79 Å². The van der Waals surface area contributed by atoms with E-state index in [9.17, 15) is 4.79 Å². The smallest absolute Gasteiger partial charge is 0.236 e. The monoisotopic (exact) mass is 339 g/mol. The van der Waals surface area contributed by atoms with Gasteiger partial charge in [0.25, 0.3) is 0 Å². The second-order valence-corrected chi connectivity index (χ2v) is 7.07. The Morgan fingerprint density at radius 2 is 1.96 bits per heavy atom. The highest BCUT2D eigenvalue weighted by molar-refractivity contribution is 5.78. The number of nitrogens with zero attached hydrogens (tertiary/aromatic N) is 2. The third kappa shape index (κ3) is 5.28. The molecule has 0 spiro atoms. The number of hydrogen-bond donors (Lipinski definition) is 1. The zero-order chi connectivity index (χ0) is 17.5. The molecule has 0 bridgehead atoms. The van der Waals surface area contributed by atoms with Crippen molar-refractivity contribution in [1.82, 2.24) is 15.1 Å². The van der Waals surface area contributed by atoms with Crippen molar-refractivity contribution in [3.63, 3.8) is 0 Å². The summed E-state index contributed by atoms with van der Waals surface area (Å²) >= 11 is 0. The maximum Gasteiger partial charge on any atom is 0.236 e. The van der Waals surface area contributed by atoms with Crippen LogP contribution in [0.1, 0.15) is 18.9 Å². The van der Waals surface area contributed by atoms with E-state index in [2.05, 4.69) is 59.6 Å². The van der Waals surface area contributed by atoms with Crippen LogP contribution in [0.25, 0.3) is 0 Å². The minimum absolute atomic E-state index is 0.247. The van der Waals surface area contributed by atoms with Gasteiger partial charge in [-0.25, -0.2) is 0 Å². The zero-order valence-electron chi connectivity index (χ0n) is 15.2. The van der Waals surface area contributed by atoms with Gasteiger partial charge >= 0.3 is 0 Å². The first kappa shape index (κ1) is 17.9. The molecule has 1 saturated heterocycles. The average molecular weight is 339 g/mol. The quantitative estimate of drug-likeness (QED) is 0.865. The molecule has 1 aliphatic carbocycles. The highest BCUT2D eigenvalue weighted by atomic mass is 16.2. The summed E-state index contributed by atoms with van der Waals surface area (Å²) in [6.07, 6.45) is 7.69. The fourth-order valence-electron chi connectivity index (χ4n) is 3.47. The summed E-state index contributed by atoms with van der Waals surface area (Å²) in [4.78, 5) is 17.0. The van der Waals surface area contributed by atoms with Crippen molar-refractivity contribution in [3.05, 3.63) is 59.7 Å². The summed E-state index contributed by atoms with van der Waals surface area (Å²) in [7, 11) is 0. The van der Waals surface area contributed by atoms with Gasteiger partial charge in [0.05, 0.1) is 6.54 Å². The number of carbonyl (C=O) groups excluding carboxylic acids is 1. The number of allylic oxidation sites excluding steroid dienone is 3. The number of rotatable bonds is 6. The molecular weight excluding hydrogens is 310 g/mol. The highest BCUT2D eigenvalue weighted by Gasteiger charge is 2.21. The topological polar surface area (TPSA) is 35.6 Å². The third-order valence-electron chi connectivity index (χ3n) is 5.05. The molecule has 1 amide bonds. The molecule has 1 aliphatic heterocycles. The SMILES string of the molecule is CC1CC=CC=C1CN(CC(=O)N1CCNCC1)Cc1ccccc1. The molecule has 3 rings (SSSR count). The molecular formula is C21H29N3O. The van der Waals surface area contributed by atoms with Crippen molar-refractivity contribution in [2.75, 3.05) is 39.3 Å². The summed E-state index contributed by atoms with van der Waals surface area (Å²) in [5, 5.41) is 3.31. The lowest BCUT2D eigenvalue weighted by Crippen LogP contribution is -2.49. The van der Waals surface area contributed by atoms with Crippen LogP contribution in [0.2, 0.25) is 0 Å². The van der Waals surface area contributed by atoms with Gasteiger partial charge in [-0.3, -0.25) is 9.69 Å². The number of hydrogen-bond acceptors (Lipinski definition) is 3. The van der Waals surface area contributed by atoms with Gasteiger partial charge in [-0.05, 0) is 17.9 Å². The predicted molar refractivity (Wildman–Crippen MR) is 102 cm³/mol. The summed E-state index contributed by atoms with van der Waals surface area (Å²) in [5.41, 5.74) is 2.68. The van der Waals surface area contributed by atoms with Crippen molar-refractivity contribution in [2.45, 2.75) is 19.9 Å². The van der Waals surface area contributed by atoms with E-state index in [1.54, 1.807) is 0 Å². The fourth-order valence-corrected chi connectivity index (χ4v) is 3.47. The summed E-state index contributed by atoms with van der Waals surface area (Å²) in [6.45, 7) is 7.87. The Labute approximate surface area is 151 Å². The molecule has 1 N–H and O–H groups in total. The molecule has 0 aromatic heterocycles. The van der Waals surface area contributed by atoms with Crippen molar-refractivity contribution in [3.8, 4) is 0 Å². The molecule has 1 heterocycles. The van der Waals surface area contributed by atoms with E-state index < -0.39 is 0 Å². The van der Waals surface area contributed by atoms with Crippen LogP contribution in [0, 0.1) is 5.92 Å². The van der Waals surface area contributed by atoms with Gasteiger partial charge in [0.2, 0.25) is 5.91 Å². The predicted octanol–water partition coefficient (Wildman–Crippen LogP) is 2.44. The van der Waals surface area contributed by atoms with Crippen LogP contribution in [0.3, 0.4) is 0 Å². The van der Waals surface area contributed by atoms with Crippen molar-refractivity contribution >= 4 is 5.91 Å². The van der Waals surface area contributed by atoms with Crippen LogP contribution in [-0.4, -0.2) is 55.0 Å². The molecule has 134 valence electrons. The van der Waals surface area contributed by atoms with Gasteiger partial charge in [0.1, 0.15) is 0 Å². The second kappa shape index (κ2) is 8.97. The summed E-state index contributed by atoms with van der Waals surface area (Å²) < 4.78 is 0. The largest absolute Gasteiger partial charge is 0.339 e. The van der Waals surface area contributed by atoms with Gasteiger partial charge in [-0.1, -0.05) is 61.1 Å². The molecule has 4 heteroatoms. The molecule has 1 fully saturated rings. The van der Waals surface area contributed by atoms with Crippen LogP contribution < -0.4 is 5.32 Å². The first-order chi connectivity index (χ1) is 12.2. The normalized spacial score (nSPS) is 20.6. The maximum atomic E-state index is 12.7. The molecule has 1 atom stereocenters. The van der Waals surface area contributed by atoms with Gasteiger partial charge in [-0.2, -0.15) is 0 Å². The molecule has 25 heavy (non-hydrogen) atoms. The van der Waals surface area contributed by atoms with E-state index in [1.807, 2.05) is 11.0 Å². The van der Waals surface area contributed by atoms with Crippen LogP contribution in [0.15, 0.2) is 54.1 Å². The number of carbonyl (C=O) groups is 1. The molecule has 0 saturated carbocycles. The molecule has 0 radical (unpaired) electrons. The zero-order valence-corrected chi connectivity index (χ0v) is 15.2. The number of nitrogens with one attached hydrogen (secondary N) is 1. The van der Waals surface area contributed by atoms with Crippen molar-refractivity contribution in [2.24, 2.45) is 5.92 Å². The lowest BCUT2D eigenvalue weighted by Gasteiger charge is -2.31. The van der Waals surface area contributed by atoms with E-state index in [0.29, 0.717) is 12.5 Å². The standard InChI is InChI=1S/C21H29N3O/c1-18-7-5-6-10-20(18)16-23(15-19-8-3-2-4-9-19)17-21(25)24-13-11-22-12-14-24/h2-6,8-10,18,22H,7,11-17H2,1H3. The Morgan fingerprint density at radius 1 is 1.20 bits per heavy atom. The highest BCUT2D eigenvalue weighted by Crippen LogP contribution is 2.21. The van der Waals surface area contributed by atoms with E-state index in [4.69, 9.17) is 0 Å². The van der Waals surface area contributed by atoms with Gasteiger partial charge in [0, 0.05) is 39.3 Å². The Balaban J connectivity index is 1.68. The van der Waals surface area contributed by atoms with Gasteiger partial charge < -0.3 is 10.2 Å². The van der Waals surface area contributed by atoms with Crippen molar-refractivity contribution in [1.29, 1.82) is 0 Å². The first-order valence-electron chi connectivity index (χ1n) is 9.33. The van der Waals surface area contributed by atoms with E-state index in [0.717, 1.165) is 45.7 Å². The Kier molecular flexibility index (Phi) is 6.42. The molecule has 1 unspecified atom stereocenters. The van der Waals surface area contributed by atoms with E-state index >= 15 is 0 Å². The minimum Gasteiger partial charge on any atom is -0.339 e. The molecule has 4 nitrogen and oxygen atoms in total. The molecule has 2 aliphatic rings. The first-order valence-corrected chi connectivity index (χ1v) is 9.33. The second-order valence-electron chi connectivity index (χ2n) is 7.07. The van der Waals surface area contributed by atoms with Crippen LogP contribution in [0.4, 0.5) is 0 Å². The lowest BCUT2D eigenvalue weighted by atomic mass is 9.93. The Morgan fingerprint density at radius 3 is 2.68 bits per heavy atom. The molecule has 1 aromatic rings. The van der Waals surface area contributed by atoms with Crippen LogP contribution >= 0.6 is 0 Å². The fraction of sp³-hybridized carbons (Fsp3) is 0.476. The lowest BCUT2D eigenvalue weighted by molar-refractivity contribution is -0.133. The van der Waals surface area contributed by atoms with Gasteiger partial charge in [-0.15, -0.1) is 0 Å². The van der Waals surface area contributed by atoms with Crippen LogP contribution in [0.5, 0.6) is 0 Å². The summed E-state index contributed by atoms with van der Waals surface area (Å²) in [6, 6.07) is 10.5. The Hall–Kier alpha value is -1.91. The average Bonchev–Trinajstić information content (AvgIpc) is 2.65. The number of piperazine rings is 1. The summed E-state index contributed by atoms with van der Waals surface area (Å²) in [5.74, 6) is 0.801. The number of benzene rings is 1. The molecule has 1 aromatic carbocycles. The van der Waals surface area contributed by atoms with Gasteiger partial charge in [0.15, 0.2) is 0 Å². The van der Waals surface area contributed by atoms with Crippen LogP contribution in [-0.2, 0) is 11.3 Å². The third-order valence-corrected chi connectivity index (χ3v) is 5.05. The van der Waals surface area contributed by atoms with E-state index in [1.165, 1.54) is 11.1 Å². The number of amides is 1. The van der Waals surface area contributed by atoms with E-state index in [-0.39, 0.29) is 5.91 Å². The maximum absolute atomic E-state index is 12.7. The Bertz CT molecular complexity index is 617. The minimum atomic E-state index is 0.247.